The first-order valence-electron chi connectivity index (χ1n) is 7.54. The number of carbonyl (C=O) groups excluding carboxylic acids is 1. The SMILES string of the molecule is O=C(OC[C@@H]1C[C@]12C[C@@]21C[C@@H]1Br)c1cc([N+](=O)[O-])cc([N+](=O)[O-])c1. The van der Waals surface area contributed by atoms with Crippen molar-refractivity contribution in [1.82, 2.24) is 0 Å². The van der Waals surface area contributed by atoms with E-state index in [4.69, 9.17) is 4.74 Å². The number of rotatable bonds is 5. The fraction of sp³-hybridized carbons (Fsp3) is 0.533. The monoisotopic (exact) mass is 396 g/mol. The molecule has 4 atom stereocenters. The minimum absolute atomic E-state index is 0.166. The van der Waals surface area contributed by atoms with Gasteiger partial charge in [-0.2, -0.15) is 0 Å². The van der Waals surface area contributed by atoms with Crippen molar-refractivity contribution in [3.63, 3.8) is 0 Å². The van der Waals surface area contributed by atoms with Crippen molar-refractivity contribution >= 4 is 33.3 Å². The van der Waals surface area contributed by atoms with Crippen LogP contribution in [0.1, 0.15) is 29.6 Å². The molecule has 3 aliphatic carbocycles. The zero-order valence-corrected chi connectivity index (χ0v) is 14.0. The van der Waals surface area contributed by atoms with Gasteiger partial charge in [0.1, 0.15) is 0 Å². The Morgan fingerprint density at radius 3 is 2.21 bits per heavy atom. The van der Waals surface area contributed by atoms with Gasteiger partial charge in [-0.3, -0.25) is 20.2 Å². The van der Waals surface area contributed by atoms with E-state index in [0.717, 1.165) is 24.6 Å². The number of non-ortho nitro benzene ring substituents is 2. The molecular weight excluding hydrogens is 384 g/mol. The number of carbonyl (C=O) groups is 1. The van der Waals surface area contributed by atoms with E-state index in [-0.39, 0.29) is 12.2 Å². The van der Waals surface area contributed by atoms with Crippen LogP contribution in [0.3, 0.4) is 0 Å². The second-order valence-electron chi connectivity index (χ2n) is 6.91. The van der Waals surface area contributed by atoms with Crippen LogP contribution in [-0.4, -0.2) is 27.2 Å². The van der Waals surface area contributed by atoms with Gasteiger partial charge in [0.25, 0.3) is 11.4 Å². The third kappa shape index (κ3) is 2.14. The molecule has 3 aliphatic rings. The number of halogens is 1. The van der Waals surface area contributed by atoms with Crippen molar-refractivity contribution in [2.24, 2.45) is 16.7 Å². The maximum atomic E-state index is 12.1. The lowest BCUT2D eigenvalue weighted by atomic mass is 10.1. The molecule has 0 amide bonds. The largest absolute Gasteiger partial charge is 0.462 e. The number of nitro benzene ring substituents is 2. The first-order chi connectivity index (χ1) is 11.3. The lowest BCUT2D eigenvalue weighted by Gasteiger charge is -2.04. The molecule has 1 aromatic carbocycles. The van der Waals surface area contributed by atoms with Gasteiger partial charge in [0.2, 0.25) is 0 Å². The highest BCUT2D eigenvalue weighted by Gasteiger charge is 2.87. The molecule has 8 nitrogen and oxygen atoms in total. The van der Waals surface area contributed by atoms with Crippen molar-refractivity contribution in [2.75, 3.05) is 6.61 Å². The van der Waals surface area contributed by atoms with E-state index in [9.17, 15) is 25.0 Å². The van der Waals surface area contributed by atoms with Crippen LogP contribution >= 0.6 is 15.9 Å². The van der Waals surface area contributed by atoms with Crippen molar-refractivity contribution in [2.45, 2.75) is 24.1 Å². The first kappa shape index (κ1) is 15.5. The van der Waals surface area contributed by atoms with Gasteiger partial charge in [0, 0.05) is 17.0 Å². The number of benzene rings is 1. The summed E-state index contributed by atoms with van der Waals surface area (Å²) in [4.78, 5) is 32.9. The Morgan fingerprint density at radius 1 is 1.17 bits per heavy atom. The summed E-state index contributed by atoms with van der Waals surface area (Å²) < 4.78 is 5.25. The summed E-state index contributed by atoms with van der Waals surface area (Å²) in [7, 11) is 0. The van der Waals surface area contributed by atoms with E-state index >= 15 is 0 Å². The molecule has 4 rings (SSSR count). The number of nitrogens with zero attached hydrogens (tertiary/aromatic N) is 2. The van der Waals surface area contributed by atoms with Crippen molar-refractivity contribution in [1.29, 1.82) is 0 Å². The number of hydrogen-bond acceptors (Lipinski definition) is 6. The molecule has 1 aromatic rings. The minimum atomic E-state index is -0.767. The first-order valence-corrected chi connectivity index (χ1v) is 8.46. The standard InChI is InChI=1S/C15H13BrN2O6/c16-12-5-15(12)7-14(15)4-9(14)6-24-13(19)8-1-10(17(20)21)3-11(2-8)18(22)23/h1-3,9,12H,4-7H2/t9-,12-,14-,15+/m0/s1. The molecule has 3 fully saturated rings. The molecule has 0 saturated heterocycles. The average Bonchev–Trinajstić information content (AvgIpc) is 3.47. The molecule has 2 spiro atoms. The normalized spacial score (nSPS) is 34.9. The Balaban J connectivity index is 1.43. The van der Waals surface area contributed by atoms with Crippen LogP contribution in [-0.2, 0) is 4.74 Å². The van der Waals surface area contributed by atoms with Crippen LogP contribution < -0.4 is 0 Å². The molecule has 0 radical (unpaired) electrons. The predicted molar refractivity (Wildman–Crippen MR) is 85.0 cm³/mol. The second kappa shape index (κ2) is 4.75. The third-order valence-electron chi connectivity index (χ3n) is 5.69. The zero-order chi connectivity index (χ0) is 17.3. The Morgan fingerprint density at radius 2 is 1.75 bits per heavy atom. The minimum Gasteiger partial charge on any atom is -0.462 e. The number of fused-ring (bicyclic) bond motifs is 1. The van der Waals surface area contributed by atoms with Gasteiger partial charge >= 0.3 is 5.97 Å². The fourth-order valence-electron chi connectivity index (χ4n) is 4.09. The number of hydrogen-bond donors (Lipinski definition) is 0. The number of nitro groups is 2. The number of ether oxygens (including phenoxy) is 1. The summed E-state index contributed by atoms with van der Waals surface area (Å²) in [5.41, 5.74) is -0.439. The van der Waals surface area contributed by atoms with Gasteiger partial charge in [-0.1, -0.05) is 15.9 Å². The molecule has 3 saturated carbocycles. The highest BCUT2D eigenvalue weighted by Crippen LogP contribution is 2.92. The molecule has 24 heavy (non-hydrogen) atoms. The maximum absolute atomic E-state index is 12.1. The van der Waals surface area contributed by atoms with E-state index in [1.165, 1.54) is 12.8 Å². The summed E-state index contributed by atoms with van der Waals surface area (Å²) in [6.45, 7) is 0.261. The lowest BCUT2D eigenvalue weighted by Crippen LogP contribution is -2.10. The van der Waals surface area contributed by atoms with Gasteiger partial charge in [0.15, 0.2) is 0 Å². The van der Waals surface area contributed by atoms with E-state index in [1.54, 1.807) is 0 Å². The van der Waals surface area contributed by atoms with Crippen LogP contribution in [0.25, 0.3) is 0 Å². The molecule has 126 valence electrons. The molecular formula is C15H13BrN2O6. The summed E-state index contributed by atoms with van der Waals surface area (Å²) >= 11 is 3.63. The highest BCUT2D eigenvalue weighted by molar-refractivity contribution is 9.09. The van der Waals surface area contributed by atoms with E-state index in [2.05, 4.69) is 15.9 Å². The summed E-state index contributed by atoms with van der Waals surface area (Å²) in [6.07, 6.45) is 3.38. The predicted octanol–water partition coefficient (Wildman–Crippen LogP) is 3.22. The van der Waals surface area contributed by atoms with Gasteiger partial charge in [0.05, 0.1) is 28.1 Å². The highest BCUT2D eigenvalue weighted by atomic mass is 79.9. The van der Waals surface area contributed by atoms with Gasteiger partial charge < -0.3 is 4.74 Å². The van der Waals surface area contributed by atoms with Gasteiger partial charge in [-0.25, -0.2) is 4.79 Å². The maximum Gasteiger partial charge on any atom is 0.338 e. The Hall–Kier alpha value is -2.03. The van der Waals surface area contributed by atoms with E-state index in [1.807, 2.05) is 0 Å². The van der Waals surface area contributed by atoms with Gasteiger partial charge in [-0.05, 0) is 36.0 Å². The lowest BCUT2D eigenvalue weighted by molar-refractivity contribution is -0.394. The summed E-state index contributed by atoms with van der Waals surface area (Å²) in [5, 5.41) is 21.7. The van der Waals surface area contributed by atoms with Crippen LogP contribution in [0.5, 0.6) is 0 Å². The van der Waals surface area contributed by atoms with Gasteiger partial charge in [-0.15, -0.1) is 0 Å². The Kier molecular flexibility index (Phi) is 3.07. The van der Waals surface area contributed by atoms with Crippen LogP contribution in [0.4, 0.5) is 11.4 Å². The van der Waals surface area contributed by atoms with Crippen molar-refractivity contribution < 1.29 is 19.4 Å². The van der Waals surface area contributed by atoms with E-state index in [0.29, 0.717) is 21.6 Å². The number of alkyl halides is 1. The number of esters is 1. The molecule has 0 N–H and O–H groups in total. The van der Waals surface area contributed by atoms with Crippen LogP contribution in [0.2, 0.25) is 0 Å². The molecule has 9 heteroatoms. The quantitative estimate of drug-likeness (QED) is 0.326. The van der Waals surface area contributed by atoms with Crippen molar-refractivity contribution in [3.8, 4) is 0 Å². The molecule has 0 aliphatic heterocycles. The topological polar surface area (TPSA) is 113 Å². The zero-order valence-electron chi connectivity index (χ0n) is 12.4. The second-order valence-corrected chi connectivity index (χ2v) is 8.02. The third-order valence-corrected chi connectivity index (χ3v) is 6.89. The molecule has 0 unspecified atom stereocenters. The smallest absolute Gasteiger partial charge is 0.338 e. The fourth-order valence-corrected chi connectivity index (χ4v) is 5.28. The molecule has 0 bridgehead atoms. The van der Waals surface area contributed by atoms with Crippen molar-refractivity contribution in [3.05, 3.63) is 44.0 Å². The van der Waals surface area contributed by atoms with Crippen LogP contribution in [0.15, 0.2) is 18.2 Å². The summed E-state index contributed by atoms with van der Waals surface area (Å²) in [5.74, 6) is -0.428. The van der Waals surface area contributed by atoms with E-state index < -0.39 is 27.2 Å². The Bertz CT molecular complexity index is 766. The molecule has 0 aromatic heterocycles. The average molecular weight is 397 g/mol. The Labute approximate surface area is 144 Å². The molecule has 0 heterocycles. The summed E-state index contributed by atoms with van der Waals surface area (Å²) in [6, 6.07) is 2.84. The van der Waals surface area contributed by atoms with Crippen LogP contribution in [0, 0.1) is 37.0 Å².